The van der Waals surface area contributed by atoms with E-state index in [1.807, 2.05) is 49.6 Å². The molecule has 3 aromatic rings. The van der Waals surface area contributed by atoms with Gasteiger partial charge in [-0.3, -0.25) is 9.69 Å². The molecule has 1 N–H and O–H groups in total. The molecular formula is C28H33FN4O3S2. The van der Waals surface area contributed by atoms with E-state index in [4.69, 9.17) is 0 Å². The van der Waals surface area contributed by atoms with Crippen molar-refractivity contribution in [3.63, 3.8) is 0 Å². The summed E-state index contributed by atoms with van der Waals surface area (Å²) in [6.07, 6.45) is 2.53. The van der Waals surface area contributed by atoms with E-state index in [1.54, 1.807) is 16.4 Å². The molecule has 2 aromatic carbocycles. The average Bonchev–Trinajstić information content (AvgIpc) is 3.43. The topological polar surface area (TPSA) is 82.6 Å². The summed E-state index contributed by atoms with van der Waals surface area (Å²) in [6.45, 7) is 6.33. The van der Waals surface area contributed by atoms with Gasteiger partial charge in [-0.2, -0.15) is 4.31 Å². The van der Waals surface area contributed by atoms with E-state index in [0.717, 1.165) is 43.5 Å². The monoisotopic (exact) mass is 556 g/mol. The molecule has 0 saturated carbocycles. The molecule has 1 aromatic heterocycles. The molecule has 2 aliphatic rings. The molecule has 5 rings (SSSR count). The number of carbonyl (C=O) groups is 1. The maximum atomic E-state index is 13.4. The standard InChI is InChI=1S/C28H33FN4O3S2/c1-27(2)19-28(20-33(27)38(35,36)18-21-6-4-3-5-7-21)12-14-32(15-13-28)16-25(34)31-26-30-24(17-37-26)22-8-10-23(29)11-9-22/h3-11,17H,12-16,18-20H2,1-2H3,(H,30,31,34). The van der Waals surface area contributed by atoms with Crippen molar-refractivity contribution in [2.24, 2.45) is 5.41 Å². The lowest BCUT2D eigenvalue weighted by atomic mass is 9.74. The lowest BCUT2D eigenvalue weighted by Crippen LogP contribution is -2.45. The molecule has 0 unspecified atom stereocenters. The minimum Gasteiger partial charge on any atom is -0.301 e. The Morgan fingerprint density at radius 2 is 1.76 bits per heavy atom. The third-order valence-electron chi connectivity index (χ3n) is 7.66. The number of carbonyl (C=O) groups excluding carboxylic acids is 1. The number of hydrogen-bond donors (Lipinski definition) is 1. The van der Waals surface area contributed by atoms with Gasteiger partial charge in [-0.15, -0.1) is 11.3 Å². The first-order valence-corrected chi connectivity index (χ1v) is 15.3. The van der Waals surface area contributed by atoms with Crippen LogP contribution in [0.25, 0.3) is 11.3 Å². The zero-order chi connectivity index (χ0) is 27.0. The lowest BCUT2D eigenvalue weighted by molar-refractivity contribution is -0.117. The smallest absolute Gasteiger partial charge is 0.240 e. The highest BCUT2D eigenvalue weighted by atomic mass is 32.2. The molecule has 0 radical (unpaired) electrons. The summed E-state index contributed by atoms with van der Waals surface area (Å²) in [5, 5.41) is 5.23. The molecule has 2 fully saturated rings. The number of likely N-dealkylation sites (tertiary alicyclic amines) is 1. The van der Waals surface area contributed by atoms with Crippen LogP contribution in [0.2, 0.25) is 0 Å². The van der Waals surface area contributed by atoms with Gasteiger partial charge in [0.15, 0.2) is 5.13 Å². The number of nitrogens with zero attached hydrogens (tertiary/aromatic N) is 3. The molecule has 0 bridgehead atoms. The molecule has 0 atom stereocenters. The molecule has 2 aliphatic heterocycles. The number of aromatic nitrogens is 1. The highest BCUT2D eigenvalue weighted by Gasteiger charge is 2.53. The fraction of sp³-hybridized carbons (Fsp3) is 0.429. The first-order chi connectivity index (χ1) is 18.0. The van der Waals surface area contributed by atoms with Gasteiger partial charge in [0.25, 0.3) is 0 Å². The summed E-state index contributed by atoms with van der Waals surface area (Å²) in [5.41, 5.74) is 1.78. The zero-order valence-corrected chi connectivity index (χ0v) is 23.3. The van der Waals surface area contributed by atoms with Crippen molar-refractivity contribution in [2.75, 3.05) is 31.5 Å². The fourth-order valence-electron chi connectivity index (χ4n) is 5.88. The van der Waals surface area contributed by atoms with E-state index in [-0.39, 0.29) is 29.4 Å². The minimum atomic E-state index is -3.45. The Bertz CT molecular complexity index is 1380. The van der Waals surface area contributed by atoms with Gasteiger partial charge in [-0.1, -0.05) is 30.3 Å². The van der Waals surface area contributed by atoms with E-state index < -0.39 is 15.6 Å². The number of thiazole rings is 1. The van der Waals surface area contributed by atoms with Crippen LogP contribution in [0.1, 0.15) is 38.7 Å². The van der Waals surface area contributed by atoms with Gasteiger partial charge >= 0.3 is 0 Å². The van der Waals surface area contributed by atoms with E-state index in [1.165, 1.54) is 23.5 Å². The third kappa shape index (κ3) is 5.98. The molecule has 202 valence electrons. The number of piperidine rings is 1. The number of anilines is 1. The highest BCUT2D eigenvalue weighted by Crippen LogP contribution is 2.49. The van der Waals surface area contributed by atoms with Crippen LogP contribution in [0.15, 0.2) is 60.0 Å². The molecule has 7 nitrogen and oxygen atoms in total. The minimum absolute atomic E-state index is 0.0132. The van der Waals surface area contributed by atoms with E-state index in [2.05, 4.69) is 15.2 Å². The summed E-state index contributed by atoms with van der Waals surface area (Å²) in [5.74, 6) is -0.414. The number of sulfonamides is 1. The molecule has 1 spiro atoms. The SMILES string of the molecule is CC1(C)CC2(CCN(CC(=O)Nc3nc(-c4ccc(F)cc4)cs3)CC2)CN1S(=O)(=O)Cc1ccccc1. The number of benzene rings is 2. The van der Waals surface area contributed by atoms with Crippen LogP contribution >= 0.6 is 11.3 Å². The number of rotatable bonds is 7. The maximum absolute atomic E-state index is 13.4. The number of hydrogen-bond acceptors (Lipinski definition) is 6. The Morgan fingerprint density at radius 3 is 2.45 bits per heavy atom. The van der Waals surface area contributed by atoms with Gasteiger partial charge < -0.3 is 5.32 Å². The summed E-state index contributed by atoms with van der Waals surface area (Å²) < 4.78 is 41.7. The number of halogens is 1. The van der Waals surface area contributed by atoms with Crippen molar-refractivity contribution < 1.29 is 17.6 Å². The summed E-state index contributed by atoms with van der Waals surface area (Å²) in [7, 11) is -3.45. The Kier molecular flexibility index (Phi) is 7.43. The van der Waals surface area contributed by atoms with Gasteiger partial charge in [-0.05, 0) is 81.4 Å². The highest BCUT2D eigenvalue weighted by molar-refractivity contribution is 7.88. The van der Waals surface area contributed by atoms with Crippen LogP contribution in [0, 0.1) is 11.2 Å². The van der Waals surface area contributed by atoms with Crippen LogP contribution in [0.3, 0.4) is 0 Å². The fourth-order valence-corrected chi connectivity index (χ4v) is 8.68. The van der Waals surface area contributed by atoms with Gasteiger partial charge in [0, 0.05) is 23.0 Å². The third-order valence-corrected chi connectivity index (χ3v) is 10.4. The second-order valence-corrected chi connectivity index (χ2v) is 13.9. The molecule has 10 heteroatoms. The van der Waals surface area contributed by atoms with Crippen LogP contribution < -0.4 is 5.32 Å². The van der Waals surface area contributed by atoms with Crippen molar-refractivity contribution in [1.82, 2.24) is 14.2 Å². The van der Waals surface area contributed by atoms with E-state index >= 15 is 0 Å². The van der Waals surface area contributed by atoms with Crippen LogP contribution in [0.5, 0.6) is 0 Å². The molecule has 38 heavy (non-hydrogen) atoms. The zero-order valence-electron chi connectivity index (χ0n) is 21.7. The van der Waals surface area contributed by atoms with Crippen LogP contribution in [-0.4, -0.2) is 60.2 Å². The van der Waals surface area contributed by atoms with Gasteiger partial charge in [0.05, 0.1) is 18.0 Å². The van der Waals surface area contributed by atoms with Crippen molar-refractivity contribution in [1.29, 1.82) is 0 Å². The Morgan fingerprint density at radius 1 is 1.08 bits per heavy atom. The van der Waals surface area contributed by atoms with Crippen molar-refractivity contribution in [2.45, 2.75) is 44.4 Å². The normalized spacial score (nSPS) is 19.6. The van der Waals surface area contributed by atoms with Gasteiger partial charge in [0.1, 0.15) is 5.82 Å². The van der Waals surface area contributed by atoms with Crippen molar-refractivity contribution in [3.8, 4) is 11.3 Å². The summed E-state index contributed by atoms with van der Waals surface area (Å²) in [6, 6.07) is 15.4. The predicted octanol–water partition coefficient (Wildman–Crippen LogP) is 4.98. The van der Waals surface area contributed by atoms with Crippen LogP contribution in [0.4, 0.5) is 9.52 Å². The van der Waals surface area contributed by atoms with Gasteiger partial charge in [-0.25, -0.2) is 17.8 Å². The molecular weight excluding hydrogens is 523 g/mol. The molecule has 2 saturated heterocycles. The Labute approximate surface area is 227 Å². The van der Waals surface area contributed by atoms with E-state index in [9.17, 15) is 17.6 Å². The first-order valence-electron chi connectivity index (χ1n) is 12.8. The second kappa shape index (κ2) is 10.5. The van der Waals surface area contributed by atoms with Crippen molar-refractivity contribution >= 4 is 32.4 Å². The maximum Gasteiger partial charge on any atom is 0.240 e. The summed E-state index contributed by atoms with van der Waals surface area (Å²) in [4.78, 5) is 19.3. The number of amides is 1. The predicted molar refractivity (Wildman–Crippen MR) is 149 cm³/mol. The number of nitrogens with one attached hydrogen (secondary N) is 1. The largest absolute Gasteiger partial charge is 0.301 e. The molecule has 0 aliphatic carbocycles. The Hall–Kier alpha value is -2.66. The average molecular weight is 557 g/mol. The van der Waals surface area contributed by atoms with Gasteiger partial charge in [0.2, 0.25) is 15.9 Å². The quantitative estimate of drug-likeness (QED) is 0.444. The Balaban J connectivity index is 1.15. The molecule has 3 heterocycles. The van der Waals surface area contributed by atoms with E-state index in [0.29, 0.717) is 17.4 Å². The second-order valence-electron chi connectivity index (χ2n) is 11.1. The van der Waals surface area contributed by atoms with Crippen LogP contribution in [-0.2, 0) is 20.6 Å². The molecule has 1 amide bonds. The first kappa shape index (κ1) is 26.9. The summed E-state index contributed by atoms with van der Waals surface area (Å²) >= 11 is 1.34. The lowest BCUT2D eigenvalue weighted by Gasteiger charge is -2.39. The van der Waals surface area contributed by atoms with Crippen molar-refractivity contribution in [3.05, 3.63) is 71.4 Å².